The second-order valence-corrected chi connectivity index (χ2v) is 19.5. The Hall–Kier alpha value is -9.12. The van der Waals surface area contributed by atoms with Gasteiger partial charge in [-0.1, -0.05) is 146 Å². The molecule has 0 aliphatic carbocycles. The van der Waals surface area contributed by atoms with Crippen LogP contribution in [0.25, 0.3) is 87.3 Å². The fourth-order valence-electron chi connectivity index (χ4n) is 12.2. The summed E-state index contributed by atoms with van der Waals surface area (Å²) in [6, 6.07) is 85.2. The molecule has 0 unspecified atom stereocenters. The first-order valence-electron chi connectivity index (χ1n) is 25.0. The van der Waals surface area contributed by atoms with Gasteiger partial charge in [-0.15, -0.1) is 0 Å². The number of hydrogen-bond donors (Lipinski definition) is 0. The quantitative estimate of drug-likeness (QED) is 0.141. The average Bonchev–Trinajstić information content (AvgIpc) is 3.94. The van der Waals surface area contributed by atoms with Crippen molar-refractivity contribution in [1.82, 2.24) is 9.13 Å². The highest BCUT2D eigenvalue weighted by atomic mass is 15.2. The molecule has 0 radical (unpaired) electrons. The van der Waals surface area contributed by atoms with Crippen molar-refractivity contribution in [2.24, 2.45) is 0 Å². The number of rotatable bonds is 8. The molecule has 4 nitrogen and oxygen atoms in total. The minimum absolute atomic E-state index is 1.11. The summed E-state index contributed by atoms with van der Waals surface area (Å²) in [5.41, 5.74) is 18.9. The highest BCUT2D eigenvalue weighted by Crippen LogP contribution is 2.49. The van der Waals surface area contributed by atoms with Crippen LogP contribution < -0.4 is 9.80 Å². The lowest BCUT2D eigenvalue weighted by molar-refractivity contribution is 1.17. The second kappa shape index (κ2) is 16.2. The van der Waals surface area contributed by atoms with E-state index in [1.54, 1.807) is 0 Å². The smallest absolute Gasteiger partial charge is 0.0541 e. The van der Waals surface area contributed by atoms with E-state index in [-0.39, 0.29) is 0 Å². The van der Waals surface area contributed by atoms with Crippen molar-refractivity contribution in [3.8, 4) is 11.4 Å². The predicted octanol–water partition coefficient (Wildman–Crippen LogP) is 19.0. The molecule has 0 aliphatic rings. The molecule has 342 valence electrons. The van der Waals surface area contributed by atoms with Crippen LogP contribution >= 0.6 is 0 Å². The van der Waals surface area contributed by atoms with Gasteiger partial charge in [-0.25, -0.2) is 0 Å². The molecule has 0 amide bonds. The molecule has 0 N–H and O–H groups in total. The molecule has 0 saturated heterocycles. The molecule has 12 aromatic carbocycles. The maximum atomic E-state index is 2.49. The molecule has 0 spiro atoms. The van der Waals surface area contributed by atoms with Crippen LogP contribution in [-0.4, -0.2) is 9.13 Å². The van der Waals surface area contributed by atoms with E-state index in [0.29, 0.717) is 0 Å². The maximum Gasteiger partial charge on any atom is 0.0541 e. The number of hydrogen-bond acceptors (Lipinski definition) is 2. The highest BCUT2D eigenvalue weighted by Gasteiger charge is 2.25. The van der Waals surface area contributed by atoms with Crippen molar-refractivity contribution < 1.29 is 0 Å². The first kappa shape index (κ1) is 41.8. The summed E-state index contributed by atoms with van der Waals surface area (Å²) in [5, 5.41) is 12.5. The number of fused-ring (bicyclic) bond motifs is 6. The Morgan fingerprint density at radius 1 is 0.264 bits per heavy atom. The van der Waals surface area contributed by atoms with Gasteiger partial charge in [0.2, 0.25) is 0 Å². The first-order chi connectivity index (χ1) is 35.4. The third kappa shape index (κ3) is 6.25. The van der Waals surface area contributed by atoms with Crippen molar-refractivity contribution in [1.29, 1.82) is 0 Å². The molecule has 72 heavy (non-hydrogen) atoms. The van der Waals surface area contributed by atoms with Gasteiger partial charge in [-0.2, -0.15) is 0 Å². The van der Waals surface area contributed by atoms with Crippen LogP contribution in [0.15, 0.2) is 231 Å². The van der Waals surface area contributed by atoms with Crippen LogP contribution in [0, 0.1) is 27.7 Å². The van der Waals surface area contributed by atoms with E-state index >= 15 is 0 Å². The number of aryl methyl sites for hydroxylation is 4. The molecule has 0 atom stereocenters. The molecule has 2 heterocycles. The van der Waals surface area contributed by atoms with E-state index < -0.39 is 0 Å². The Bertz CT molecular complexity index is 4010. The number of benzene rings is 12. The molecule has 0 aliphatic heterocycles. The highest BCUT2D eigenvalue weighted by molar-refractivity contribution is 6.28. The van der Waals surface area contributed by atoms with Crippen molar-refractivity contribution in [3.63, 3.8) is 0 Å². The molecule has 0 saturated carbocycles. The van der Waals surface area contributed by atoms with E-state index in [2.05, 4.69) is 277 Å². The van der Waals surface area contributed by atoms with E-state index in [1.165, 1.54) is 110 Å². The van der Waals surface area contributed by atoms with E-state index in [1.807, 2.05) is 0 Å². The summed E-state index contributed by atoms with van der Waals surface area (Å²) in [6.07, 6.45) is 0. The molecule has 0 bridgehead atoms. The van der Waals surface area contributed by atoms with Crippen molar-refractivity contribution in [3.05, 3.63) is 253 Å². The standard InChI is InChI=1S/C68H50N4/c1-43-15-13-16-44(2)67(43)71(51-35-31-49(32-36-51)69-59-23-9-5-19-53(59)54-20-6-10-24-60(54)69)63-41-29-47-28-40-58-64(42-30-48-27-39-57(63)65(47)66(48)58)72(68-45(3)17-14-18-46(68)4)52-37-33-50(34-38-52)70-61-25-11-7-21-55(61)56-22-8-12-26-62(56)70/h5-42H,1-4H3. The normalized spacial score (nSPS) is 11.9. The van der Waals surface area contributed by atoms with E-state index in [4.69, 9.17) is 0 Å². The van der Waals surface area contributed by atoms with Crippen molar-refractivity contribution >= 4 is 110 Å². The van der Waals surface area contributed by atoms with Gasteiger partial charge in [0.05, 0.1) is 44.8 Å². The Labute approximate surface area is 418 Å². The first-order valence-corrected chi connectivity index (χ1v) is 25.0. The van der Waals surface area contributed by atoms with Crippen LogP contribution in [0.4, 0.5) is 34.1 Å². The fourth-order valence-corrected chi connectivity index (χ4v) is 12.2. The Morgan fingerprint density at radius 2 is 0.569 bits per heavy atom. The van der Waals surface area contributed by atoms with Crippen LogP contribution in [0.5, 0.6) is 0 Å². The van der Waals surface area contributed by atoms with Crippen LogP contribution in [0.3, 0.4) is 0 Å². The summed E-state index contributed by atoms with van der Waals surface area (Å²) in [7, 11) is 0. The maximum absolute atomic E-state index is 2.49. The molecule has 2 aromatic heterocycles. The van der Waals surface area contributed by atoms with Gasteiger partial charge < -0.3 is 18.9 Å². The third-order valence-corrected chi connectivity index (χ3v) is 15.3. The molecule has 0 fully saturated rings. The predicted molar refractivity (Wildman–Crippen MR) is 307 cm³/mol. The zero-order valence-electron chi connectivity index (χ0n) is 40.7. The lowest BCUT2D eigenvalue weighted by Gasteiger charge is -2.32. The summed E-state index contributed by atoms with van der Waals surface area (Å²) in [5.74, 6) is 0. The SMILES string of the molecule is Cc1cccc(C)c1N(c1ccc(-n2c3ccccc3c3ccccc32)cc1)c1ccc2ccc3c(N(c4ccc(-n5c6ccccc6c6ccccc65)cc4)c4c(C)cccc4C)ccc4ccc1c2c43. The molecule has 14 aromatic rings. The topological polar surface area (TPSA) is 16.3 Å². The molecule has 4 heteroatoms. The Morgan fingerprint density at radius 3 is 0.903 bits per heavy atom. The van der Waals surface area contributed by atoms with Gasteiger partial charge >= 0.3 is 0 Å². The lowest BCUT2D eigenvalue weighted by atomic mass is 9.91. The number of aromatic nitrogens is 2. The van der Waals surface area contributed by atoms with Gasteiger partial charge in [0, 0.05) is 55.1 Å². The molecule has 14 rings (SSSR count). The molecular weight excluding hydrogens is 873 g/mol. The van der Waals surface area contributed by atoms with Crippen molar-refractivity contribution in [2.45, 2.75) is 27.7 Å². The molecular formula is C68H50N4. The fraction of sp³-hybridized carbons (Fsp3) is 0.0588. The summed E-state index contributed by atoms with van der Waals surface area (Å²) in [4.78, 5) is 4.99. The zero-order chi connectivity index (χ0) is 48.2. The van der Waals surface area contributed by atoms with Gasteiger partial charge in [-0.05, 0) is 156 Å². The minimum atomic E-state index is 1.11. The van der Waals surface area contributed by atoms with E-state index in [0.717, 1.165) is 34.1 Å². The van der Waals surface area contributed by atoms with Gasteiger partial charge in [0.15, 0.2) is 0 Å². The summed E-state index contributed by atoms with van der Waals surface area (Å²) < 4.78 is 4.79. The number of nitrogens with zero attached hydrogens (tertiary/aromatic N) is 4. The average molecular weight is 923 g/mol. The number of anilines is 6. The van der Waals surface area contributed by atoms with Gasteiger partial charge in [-0.3, -0.25) is 0 Å². The zero-order valence-corrected chi connectivity index (χ0v) is 40.7. The summed E-state index contributed by atoms with van der Waals surface area (Å²) in [6.45, 7) is 8.95. The monoisotopic (exact) mass is 922 g/mol. The Balaban J connectivity index is 0.951. The summed E-state index contributed by atoms with van der Waals surface area (Å²) >= 11 is 0. The second-order valence-electron chi connectivity index (χ2n) is 19.5. The van der Waals surface area contributed by atoms with Crippen LogP contribution in [0.1, 0.15) is 22.3 Å². The van der Waals surface area contributed by atoms with Crippen LogP contribution in [0.2, 0.25) is 0 Å². The van der Waals surface area contributed by atoms with Gasteiger partial charge in [0.25, 0.3) is 0 Å². The minimum Gasteiger partial charge on any atom is -0.309 e. The lowest BCUT2D eigenvalue weighted by Crippen LogP contribution is -2.14. The van der Waals surface area contributed by atoms with Crippen LogP contribution in [-0.2, 0) is 0 Å². The van der Waals surface area contributed by atoms with Gasteiger partial charge in [0.1, 0.15) is 0 Å². The Kier molecular flexibility index (Phi) is 9.43. The number of para-hydroxylation sites is 6. The largest absolute Gasteiger partial charge is 0.309 e. The van der Waals surface area contributed by atoms with Crippen molar-refractivity contribution in [2.75, 3.05) is 9.80 Å². The third-order valence-electron chi connectivity index (χ3n) is 15.3. The van der Waals surface area contributed by atoms with E-state index in [9.17, 15) is 0 Å².